The summed E-state index contributed by atoms with van der Waals surface area (Å²) in [4.78, 5) is 48.7. The molecule has 1 spiro atoms. The number of amides is 2. The zero-order valence-electron chi connectivity index (χ0n) is 26.1. The maximum atomic E-state index is 14.8. The van der Waals surface area contributed by atoms with Gasteiger partial charge >= 0.3 is 5.97 Å². The van der Waals surface area contributed by atoms with E-state index < -0.39 is 41.1 Å². The Morgan fingerprint density at radius 3 is 2.59 bits per heavy atom. The minimum absolute atomic E-state index is 0.110. The van der Waals surface area contributed by atoms with E-state index in [9.17, 15) is 19.5 Å². The largest absolute Gasteiger partial charge is 0.465 e. The number of aliphatic hydroxyl groups excluding tert-OH is 1. The van der Waals surface area contributed by atoms with E-state index in [1.165, 1.54) is 0 Å². The van der Waals surface area contributed by atoms with Gasteiger partial charge in [0.25, 0.3) is 0 Å². The van der Waals surface area contributed by atoms with Gasteiger partial charge < -0.3 is 29.1 Å². The van der Waals surface area contributed by atoms with Crippen molar-refractivity contribution in [2.24, 2.45) is 17.8 Å². The van der Waals surface area contributed by atoms with Crippen molar-refractivity contribution in [2.45, 2.75) is 56.4 Å². The van der Waals surface area contributed by atoms with Crippen LogP contribution in [0.2, 0.25) is 0 Å². The fourth-order valence-corrected chi connectivity index (χ4v) is 7.88. The average Bonchev–Trinajstić information content (AvgIpc) is 3.55. The Bertz CT molecular complexity index is 1220. The molecule has 0 aromatic heterocycles. The summed E-state index contributed by atoms with van der Waals surface area (Å²) in [5.41, 5.74) is -1.27. The fraction of sp³-hybridized carbons (Fsp3) is 0.618. The van der Waals surface area contributed by atoms with Crippen LogP contribution in [0.3, 0.4) is 0 Å². The molecular weight excluding hydrogens is 562 g/mol. The van der Waals surface area contributed by atoms with Gasteiger partial charge in [0.15, 0.2) is 0 Å². The number of fused-ring (bicyclic) bond motifs is 1. The molecule has 0 saturated carbocycles. The number of nitrogens with zero attached hydrogens (tertiary/aromatic N) is 3. The average molecular weight is 610 g/mol. The lowest BCUT2D eigenvalue weighted by Gasteiger charge is -2.40. The number of benzene rings is 1. The third-order valence-corrected chi connectivity index (χ3v) is 10.2. The third kappa shape index (κ3) is 5.73. The topological polar surface area (TPSA) is 109 Å². The molecule has 2 bridgehead atoms. The summed E-state index contributed by atoms with van der Waals surface area (Å²) in [6.07, 6.45) is 4.65. The summed E-state index contributed by atoms with van der Waals surface area (Å²) in [6, 6.07) is 7.91. The molecule has 240 valence electrons. The van der Waals surface area contributed by atoms with Crippen molar-refractivity contribution < 1.29 is 33.7 Å². The van der Waals surface area contributed by atoms with E-state index in [-0.39, 0.29) is 30.9 Å². The molecule has 10 heteroatoms. The first kappa shape index (κ1) is 32.3. The minimum Gasteiger partial charge on any atom is -0.465 e. The molecule has 4 aliphatic rings. The number of hydrogen-bond donors (Lipinski definition) is 1. The molecule has 7 atom stereocenters. The van der Waals surface area contributed by atoms with Crippen molar-refractivity contribution in [1.29, 1.82) is 0 Å². The molecule has 0 aliphatic carbocycles. The number of ether oxygens (including phenoxy) is 3. The van der Waals surface area contributed by atoms with Crippen molar-refractivity contribution in [3.63, 3.8) is 0 Å². The van der Waals surface area contributed by atoms with Gasteiger partial charge in [-0.25, -0.2) is 0 Å². The molecule has 1 aromatic rings. The molecule has 4 aliphatic heterocycles. The zero-order chi connectivity index (χ0) is 31.5. The predicted molar refractivity (Wildman–Crippen MR) is 164 cm³/mol. The second-order valence-electron chi connectivity index (χ2n) is 12.7. The number of carbonyl (C=O) groups excluding carboxylic acids is 3. The highest BCUT2D eigenvalue weighted by Gasteiger charge is 2.80. The van der Waals surface area contributed by atoms with Crippen LogP contribution in [-0.4, -0.2) is 120 Å². The highest BCUT2D eigenvalue weighted by molar-refractivity contribution is 5.99. The van der Waals surface area contributed by atoms with Gasteiger partial charge in [-0.05, 0) is 37.7 Å². The third-order valence-electron chi connectivity index (χ3n) is 10.2. The van der Waals surface area contributed by atoms with Crippen LogP contribution in [0.25, 0.3) is 0 Å². The standard InChI is InChI=1S/C34H47N3O7/c1-5-7-18-43-32(41)28-27-30(39)37(26(23-38)21-25-11-9-8-10-12-25)29(34(27)22-24(3)33(28,4)44-34)31(40)36(13-6-2)15-14-35-16-19-42-20-17-35/h5-6,8-12,24,26-29,38H,1-2,7,13-23H2,3-4H3/t24?,26-,27+,28-,29?,33+,34?/m1/s1. The van der Waals surface area contributed by atoms with Crippen LogP contribution in [-0.2, 0) is 35.0 Å². The van der Waals surface area contributed by atoms with Crippen molar-refractivity contribution in [1.82, 2.24) is 14.7 Å². The summed E-state index contributed by atoms with van der Waals surface area (Å²) in [6.45, 7) is 15.6. The first-order valence-electron chi connectivity index (χ1n) is 15.9. The van der Waals surface area contributed by atoms with Gasteiger partial charge in [-0.1, -0.05) is 49.4 Å². The van der Waals surface area contributed by atoms with E-state index >= 15 is 0 Å². The van der Waals surface area contributed by atoms with Crippen molar-refractivity contribution in [2.75, 3.05) is 59.2 Å². The number of esters is 1. The van der Waals surface area contributed by atoms with Crippen molar-refractivity contribution in [3.05, 3.63) is 61.2 Å². The van der Waals surface area contributed by atoms with E-state index in [4.69, 9.17) is 14.2 Å². The Balaban J connectivity index is 1.53. The van der Waals surface area contributed by atoms with Crippen LogP contribution < -0.4 is 0 Å². The lowest BCUT2D eigenvalue weighted by atomic mass is 9.62. The molecule has 10 nitrogen and oxygen atoms in total. The molecule has 4 heterocycles. The summed E-state index contributed by atoms with van der Waals surface area (Å²) in [7, 11) is 0. The second kappa shape index (κ2) is 13.5. The molecule has 0 radical (unpaired) electrons. The molecule has 1 aromatic carbocycles. The first-order valence-corrected chi connectivity index (χ1v) is 15.9. The van der Waals surface area contributed by atoms with Gasteiger partial charge in [-0.3, -0.25) is 19.3 Å². The second-order valence-corrected chi connectivity index (χ2v) is 12.7. The van der Waals surface area contributed by atoms with Gasteiger partial charge in [-0.15, -0.1) is 13.2 Å². The van der Waals surface area contributed by atoms with Gasteiger partial charge in [0.1, 0.15) is 17.6 Å². The monoisotopic (exact) mass is 609 g/mol. The Labute approximate surface area is 260 Å². The number of aliphatic hydroxyl groups is 1. The predicted octanol–water partition coefficient (Wildman–Crippen LogP) is 2.07. The molecule has 5 rings (SSSR count). The van der Waals surface area contributed by atoms with Gasteiger partial charge in [-0.2, -0.15) is 0 Å². The Morgan fingerprint density at radius 1 is 1.20 bits per heavy atom. The Morgan fingerprint density at radius 2 is 1.93 bits per heavy atom. The van der Waals surface area contributed by atoms with E-state index in [1.54, 1.807) is 22.0 Å². The van der Waals surface area contributed by atoms with Crippen LogP contribution in [0, 0.1) is 17.8 Å². The SMILES string of the molecule is C=CCCOC(=O)[C@H]1[C@H]2C(=O)N([C@@H](CO)Cc3ccccc3)C(C(=O)N(CC=C)CCN3CCOCC3)C23CC(C)[C@]1(C)O3. The van der Waals surface area contributed by atoms with Crippen LogP contribution in [0.15, 0.2) is 55.6 Å². The molecule has 44 heavy (non-hydrogen) atoms. The molecular formula is C34H47N3O7. The number of likely N-dealkylation sites (tertiary alicyclic amines) is 1. The summed E-state index contributed by atoms with van der Waals surface area (Å²) >= 11 is 0. The Hall–Kier alpha value is -3.05. The lowest BCUT2D eigenvalue weighted by molar-refractivity contribution is -0.163. The fourth-order valence-electron chi connectivity index (χ4n) is 7.88. The summed E-state index contributed by atoms with van der Waals surface area (Å²) in [5, 5.41) is 10.7. The smallest absolute Gasteiger partial charge is 0.312 e. The van der Waals surface area contributed by atoms with E-state index in [1.807, 2.05) is 44.2 Å². The van der Waals surface area contributed by atoms with Crippen molar-refractivity contribution in [3.8, 4) is 0 Å². The van der Waals surface area contributed by atoms with Gasteiger partial charge in [0.2, 0.25) is 11.8 Å². The van der Waals surface area contributed by atoms with E-state index in [0.29, 0.717) is 52.1 Å². The number of rotatable bonds is 14. The normalized spacial score (nSPS) is 31.9. The number of carbonyl (C=O) groups is 3. The lowest BCUT2D eigenvalue weighted by Crippen LogP contribution is -2.60. The molecule has 4 saturated heterocycles. The minimum atomic E-state index is -1.23. The molecule has 1 N–H and O–H groups in total. The quantitative estimate of drug-likeness (QED) is 0.194. The maximum Gasteiger partial charge on any atom is 0.312 e. The molecule has 3 unspecified atom stereocenters. The number of hydrogen-bond acceptors (Lipinski definition) is 8. The van der Waals surface area contributed by atoms with Crippen LogP contribution in [0.1, 0.15) is 32.3 Å². The van der Waals surface area contributed by atoms with Crippen molar-refractivity contribution >= 4 is 17.8 Å². The Kier molecular flexibility index (Phi) is 9.94. The highest BCUT2D eigenvalue weighted by Crippen LogP contribution is 2.65. The number of morpholine rings is 1. The molecule has 4 fully saturated rings. The van der Waals surface area contributed by atoms with E-state index in [2.05, 4.69) is 18.1 Å². The van der Waals surface area contributed by atoms with Crippen LogP contribution >= 0.6 is 0 Å². The maximum absolute atomic E-state index is 14.8. The summed E-state index contributed by atoms with van der Waals surface area (Å²) in [5.74, 6) is -2.97. The highest BCUT2D eigenvalue weighted by atomic mass is 16.6. The van der Waals surface area contributed by atoms with E-state index in [0.717, 1.165) is 18.7 Å². The molecule has 2 amide bonds. The van der Waals surface area contributed by atoms with Gasteiger partial charge in [0, 0.05) is 32.7 Å². The van der Waals surface area contributed by atoms with Crippen LogP contribution in [0.4, 0.5) is 0 Å². The van der Waals surface area contributed by atoms with Crippen LogP contribution in [0.5, 0.6) is 0 Å². The first-order chi connectivity index (χ1) is 21.2. The zero-order valence-corrected chi connectivity index (χ0v) is 26.1. The van der Waals surface area contributed by atoms with Gasteiger partial charge in [0.05, 0.1) is 44.0 Å². The summed E-state index contributed by atoms with van der Waals surface area (Å²) < 4.78 is 18.0.